The maximum absolute atomic E-state index is 11.6. The molecule has 2 aromatic carbocycles. The van der Waals surface area contributed by atoms with Gasteiger partial charge in [0.25, 0.3) is 0 Å². The summed E-state index contributed by atoms with van der Waals surface area (Å²) in [7, 11) is 0. The Labute approximate surface area is 129 Å². The van der Waals surface area contributed by atoms with Crippen LogP contribution in [0.3, 0.4) is 0 Å². The predicted molar refractivity (Wildman–Crippen MR) is 83.3 cm³/mol. The van der Waals surface area contributed by atoms with Crippen LogP contribution in [-0.2, 0) is 17.8 Å². The van der Waals surface area contributed by atoms with Crippen LogP contribution in [0.4, 0.5) is 0 Å². The molecule has 0 bridgehead atoms. The number of aryl methyl sites for hydroxylation is 1. The van der Waals surface area contributed by atoms with Crippen molar-refractivity contribution in [1.29, 1.82) is 0 Å². The number of benzene rings is 2. The minimum atomic E-state index is -0.956. The van der Waals surface area contributed by atoms with Gasteiger partial charge >= 0.3 is 5.97 Å². The summed E-state index contributed by atoms with van der Waals surface area (Å²) in [5.74, 6) is -0.532. The van der Waals surface area contributed by atoms with Crippen LogP contribution in [0.25, 0.3) is 0 Å². The lowest BCUT2D eigenvalue weighted by molar-refractivity contribution is -0.136. The maximum Gasteiger partial charge on any atom is 0.307 e. The monoisotopic (exact) mass is 298 g/mol. The van der Waals surface area contributed by atoms with Gasteiger partial charge in [0.05, 0.1) is 6.42 Å². The third-order valence-electron chi connectivity index (χ3n) is 3.37. The Hall–Kier alpha value is -2.62. The van der Waals surface area contributed by atoms with Gasteiger partial charge in [-0.1, -0.05) is 30.3 Å². The summed E-state index contributed by atoms with van der Waals surface area (Å²) in [6, 6.07) is 13.0. The zero-order valence-electron chi connectivity index (χ0n) is 12.6. The Bertz CT molecular complexity index is 690. The molecule has 0 amide bonds. The van der Waals surface area contributed by atoms with E-state index < -0.39 is 5.97 Å². The SMILES string of the molecule is CC(=O)c1cc(CC(=O)O)c(OCc2ccccc2)cc1C. The van der Waals surface area contributed by atoms with E-state index in [0.29, 0.717) is 23.5 Å². The molecule has 2 aromatic rings. The van der Waals surface area contributed by atoms with E-state index in [4.69, 9.17) is 9.84 Å². The smallest absolute Gasteiger partial charge is 0.307 e. The van der Waals surface area contributed by atoms with Crippen LogP contribution in [0.5, 0.6) is 5.75 Å². The number of aliphatic carboxylic acids is 1. The molecular formula is C18H18O4. The number of hydrogen-bond donors (Lipinski definition) is 1. The van der Waals surface area contributed by atoms with Gasteiger partial charge in [-0.3, -0.25) is 9.59 Å². The fourth-order valence-electron chi connectivity index (χ4n) is 2.28. The molecule has 0 fully saturated rings. The summed E-state index contributed by atoms with van der Waals surface area (Å²) in [4.78, 5) is 22.6. The lowest BCUT2D eigenvalue weighted by Gasteiger charge is -2.14. The summed E-state index contributed by atoms with van der Waals surface area (Å²) in [6.07, 6.45) is -0.176. The molecule has 114 valence electrons. The van der Waals surface area contributed by atoms with Gasteiger partial charge in [0.15, 0.2) is 5.78 Å². The Morgan fingerprint density at radius 1 is 1.14 bits per heavy atom. The molecule has 0 spiro atoms. The summed E-state index contributed by atoms with van der Waals surface area (Å²) in [6.45, 7) is 3.64. The zero-order valence-corrected chi connectivity index (χ0v) is 12.6. The molecule has 0 radical (unpaired) electrons. The molecule has 0 aromatic heterocycles. The zero-order chi connectivity index (χ0) is 16.1. The van der Waals surface area contributed by atoms with E-state index in [1.807, 2.05) is 37.3 Å². The first-order valence-corrected chi connectivity index (χ1v) is 7.00. The van der Waals surface area contributed by atoms with E-state index >= 15 is 0 Å². The van der Waals surface area contributed by atoms with Gasteiger partial charge in [0.1, 0.15) is 12.4 Å². The van der Waals surface area contributed by atoms with Gasteiger partial charge in [0, 0.05) is 11.1 Å². The van der Waals surface area contributed by atoms with Crippen LogP contribution in [-0.4, -0.2) is 16.9 Å². The van der Waals surface area contributed by atoms with Crippen molar-refractivity contribution in [2.75, 3.05) is 0 Å². The van der Waals surface area contributed by atoms with Gasteiger partial charge < -0.3 is 9.84 Å². The number of Topliss-reactive ketones (excluding diaryl/α,β-unsaturated/α-hetero) is 1. The molecule has 0 atom stereocenters. The van der Waals surface area contributed by atoms with Crippen LogP contribution in [0.2, 0.25) is 0 Å². The van der Waals surface area contributed by atoms with Gasteiger partial charge in [-0.25, -0.2) is 0 Å². The highest BCUT2D eigenvalue weighted by Crippen LogP contribution is 2.25. The Kier molecular flexibility index (Phi) is 4.94. The average molecular weight is 298 g/mol. The van der Waals surface area contributed by atoms with Crippen LogP contribution in [0, 0.1) is 6.92 Å². The number of carbonyl (C=O) groups is 2. The predicted octanol–water partition coefficient (Wildman–Crippen LogP) is 3.40. The fraction of sp³-hybridized carbons (Fsp3) is 0.222. The van der Waals surface area contributed by atoms with Crippen LogP contribution in [0.1, 0.15) is 34.0 Å². The highest BCUT2D eigenvalue weighted by atomic mass is 16.5. The van der Waals surface area contributed by atoms with Gasteiger partial charge in [-0.15, -0.1) is 0 Å². The molecule has 2 rings (SSSR count). The molecule has 0 heterocycles. The molecule has 0 saturated heterocycles. The van der Waals surface area contributed by atoms with Crippen molar-refractivity contribution >= 4 is 11.8 Å². The third-order valence-corrected chi connectivity index (χ3v) is 3.37. The van der Waals surface area contributed by atoms with E-state index in [1.165, 1.54) is 6.92 Å². The number of carboxylic acids is 1. The Balaban J connectivity index is 2.30. The van der Waals surface area contributed by atoms with E-state index in [2.05, 4.69) is 0 Å². The molecule has 4 heteroatoms. The van der Waals surface area contributed by atoms with Crippen molar-refractivity contribution in [3.63, 3.8) is 0 Å². The van der Waals surface area contributed by atoms with Crippen molar-refractivity contribution in [2.24, 2.45) is 0 Å². The second-order valence-corrected chi connectivity index (χ2v) is 5.18. The van der Waals surface area contributed by atoms with Crippen molar-refractivity contribution in [2.45, 2.75) is 26.9 Å². The van der Waals surface area contributed by atoms with Gasteiger partial charge in [0.2, 0.25) is 0 Å². The summed E-state index contributed by atoms with van der Waals surface area (Å²) in [5.41, 5.74) is 2.82. The summed E-state index contributed by atoms with van der Waals surface area (Å²) >= 11 is 0. The lowest BCUT2D eigenvalue weighted by Crippen LogP contribution is -2.07. The van der Waals surface area contributed by atoms with Gasteiger partial charge in [-0.05, 0) is 37.1 Å². The average Bonchev–Trinajstić information content (AvgIpc) is 2.47. The molecular weight excluding hydrogens is 280 g/mol. The lowest BCUT2D eigenvalue weighted by atomic mass is 9.99. The molecule has 4 nitrogen and oxygen atoms in total. The number of hydrogen-bond acceptors (Lipinski definition) is 3. The van der Waals surface area contributed by atoms with E-state index in [9.17, 15) is 9.59 Å². The highest BCUT2D eigenvalue weighted by molar-refractivity contribution is 5.96. The number of carbonyl (C=O) groups excluding carboxylic acids is 1. The quantitative estimate of drug-likeness (QED) is 0.830. The standard InChI is InChI=1S/C18H18O4/c1-12-8-17(22-11-14-6-4-3-5-7-14)15(10-18(20)21)9-16(12)13(2)19/h3-9H,10-11H2,1-2H3,(H,20,21). The normalized spacial score (nSPS) is 10.3. The van der Waals surface area contributed by atoms with Crippen molar-refractivity contribution < 1.29 is 19.4 Å². The van der Waals surface area contributed by atoms with Crippen molar-refractivity contribution in [3.8, 4) is 5.75 Å². The number of ether oxygens (including phenoxy) is 1. The summed E-state index contributed by atoms with van der Waals surface area (Å²) < 4.78 is 5.77. The van der Waals surface area contributed by atoms with E-state index in [-0.39, 0.29) is 12.2 Å². The first-order valence-electron chi connectivity index (χ1n) is 7.00. The Morgan fingerprint density at radius 3 is 2.41 bits per heavy atom. The minimum Gasteiger partial charge on any atom is -0.489 e. The third kappa shape index (κ3) is 3.95. The molecule has 0 saturated carbocycles. The molecule has 0 aliphatic heterocycles. The largest absolute Gasteiger partial charge is 0.489 e. The number of carboxylic acid groups (broad SMARTS) is 1. The first-order chi connectivity index (χ1) is 10.5. The van der Waals surface area contributed by atoms with Crippen molar-refractivity contribution in [3.05, 3.63) is 64.7 Å². The molecule has 0 aliphatic rings. The highest BCUT2D eigenvalue weighted by Gasteiger charge is 2.14. The molecule has 0 unspecified atom stereocenters. The van der Waals surface area contributed by atoms with Crippen LogP contribution in [0.15, 0.2) is 42.5 Å². The minimum absolute atomic E-state index is 0.0845. The number of ketones is 1. The fourth-order valence-corrected chi connectivity index (χ4v) is 2.28. The topological polar surface area (TPSA) is 63.6 Å². The maximum atomic E-state index is 11.6. The van der Waals surface area contributed by atoms with Crippen molar-refractivity contribution in [1.82, 2.24) is 0 Å². The van der Waals surface area contributed by atoms with Crippen LogP contribution < -0.4 is 4.74 Å². The molecule has 1 N–H and O–H groups in total. The van der Waals surface area contributed by atoms with E-state index in [0.717, 1.165) is 11.1 Å². The second kappa shape index (κ2) is 6.89. The number of rotatable bonds is 6. The summed E-state index contributed by atoms with van der Waals surface area (Å²) in [5, 5.41) is 9.03. The van der Waals surface area contributed by atoms with Gasteiger partial charge in [-0.2, -0.15) is 0 Å². The molecule has 0 aliphatic carbocycles. The van der Waals surface area contributed by atoms with E-state index in [1.54, 1.807) is 12.1 Å². The second-order valence-electron chi connectivity index (χ2n) is 5.18. The molecule has 22 heavy (non-hydrogen) atoms. The first kappa shape index (κ1) is 15.8. The Morgan fingerprint density at radius 2 is 1.82 bits per heavy atom. The van der Waals surface area contributed by atoms with Crippen LogP contribution >= 0.6 is 0 Å².